The molecule has 24 heavy (non-hydrogen) atoms. The molecule has 2 aliphatic rings. The maximum atomic E-state index is 6.11. The summed E-state index contributed by atoms with van der Waals surface area (Å²) >= 11 is 11.3. The molecule has 1 atom stereocenters. The van der Waals surface area contributed by atoms with Crippen molar-refractivity contribution in [3.8, 4) is 0 Å². The van der Waals surface area contributed by atoms with Gasteiger partial charge in [-0.3, -0.25) is 0 Å². The largest absolute Gasteiger partial charge is 0.467 e. The monoisotopic (exact) mass is 365 g/mol. The normalized spacial score (nSPS) is 29.1. The van der Waals surface area contributed by atoms with Crippen LogP contribution in [-0.4, -0.2) is 11.3 Å². The van der Waals surface area contributed by atoms with E-state index in [2.05, 4.69) is 12.2 Å². The van der Waals surface area contributed by atoms with Crippen LogP contribution in [0.4, 0.5) is 0 Å². The van der Waals surface area contributed by atoms with Gasteiger partial charge in [0.1, 0.15) is 6.10 Å². The van der Waals surface area contributed by atoms with Crippen LogP contribution in [0, 0.1) is 11.3 Å². The van der Waals surface area contributed by atoms with E-state index in [9.17, 15) is 0 Å². The molecule has 0 unspecified atom stereocenters. The molecule has 1 spiro atoms. The minimum absolute atomic E-state index is 0.324. The summed E-state index contributed by atoms with van der Waals surface area (Å²) < 4.78 is 6.11. The Morgan fingerprint density at radius 1 is 1.21 bits per heavy atom. The van der Waals surface area contributed by atoms with Crippen LogP contribution in [0.5, 0.6) is 0 Å². The van der Waals surface area contributed by atoms with Crippen molar-refractivity contribution < 1.29 is 4.74 Å². The Hall–Kier alpha value is -0.800. The molecule has 1 aromatic carbocycles. The van der Waals surface area contributed by atoms with Crippen molar-refractivity contribution in [3.05, 3.63) is 34.9 Å². The van der Waals surface area contributed by atoms with Gasteiger partial charge in [-0.2, -0.15) is 0 Å². The topological polar surface area (TPSA) is 21.3 Å². The molecule has 3 rings (SSSR count). The molecule has 0 saturated heterocycles. The first-order valence-electron chi connectivity index (χ1n) is 9.30. The number of hydrogen-bond acceptors (Lipinski definition) is 2. The zero-order valence-electron chi connectivity index (χ0n) is 14.5. The lowest BCUT2D eigenvalue weighted by Crippen LogP contribution is -2.50. The van der Waals surface area contributed by atoms with Crippen molar-refractivity contribution in [2.45, 2.75) is 70.9 Å². The second-order valence-electron chi connectivity index (χ2n) is 7.51. The first-order chi connectivity index (χ1) is 11.6. The Morgan fingerprint density at radius 3 is 2.46 bits per heavy atom. The number of benzene rings is 1. The van der Waals surface area contributed by atoms with Crippen LogP contribution in [-0.2, 0) is 11.3 Å². The Kier molecular flexibility index (Phi) is 6.04. The molecular weight excluding hydrogens is 338 g/mol. The smallest absolute Gasteiger partial charge is 0.257 e. The first-order valence-corrected chi connectivity index (χ1v) is 10.1. The van der Waals surface area contributed by atoms with Gasteiger partial charge >= 0.3 is 0 Å². The van der Waals surface area contributed by atoms with Gasteiger partial charge in [0.25, 0.3) is 5.17 Å². The summed E-state index contributed by atoms with van der Waals surface area (Å²) in [6.07, 6.45) is 10.9. The average molecular weight is 366 g/mol. The van der Waals surface area contributed by atoms with Crippen LogP contribution in [0.3, 0.4) is 0 Å². The molecule has 132 valence electrons. The molecule has 0 aliphatic heterocycles. The Morgan fingerprint density at radius 2 is 1.88 bits per heavy atom. The van der Waals surface area contributed by atoms with Gasteiger partial charge in [0.05, 0.1) is 0 Å². The van der Waals surface area contributed by atoms with Crippen LogP contribution < -0.4 is 5.32 Å². The molecule has 0 amide bonds. The summed E-state index contributed by atoms with van der Waals surface area (Å²) in [5.74, 6) is 0.942. The zero-order valence-corrected chi connectivity index (χ0v) is 16.1. The van der Waals surface area contributed by atoms with E-state index in [1.54, 1.807) is 0 Å². The van der Waals surface area contributed by atoms with Gasteiger partial charge in [0.15, 0.2) is 0 Å². The third-order valence-electron chi connectivity index (χ3n) is 5.98. The standard InChI is InChI=1S/C20H28ClNOS/c1-2-3-15-8-11-20(12-9-15)13-10-18(20)23-19(24)22-14-16-4-6-17(21)7-5-16/h4-7,15,18H,2-3,8-14H2,1H3,(H,22,24)/t15?,18-,20?/m0/s1. The lowest BCUT2D eigenvalue weighted by molar-refractivity contribution is -0.0862. The second kappa shape index (κ2) is 8.05. The predicted octanol–water partition coefficient (Wildman–Crippen LogP) is 5.87. The van der Waals surface area contributed by atoms with Crippen molar-refractivity contribution in [2.75, 3.05) is 0 Å². The fourth-order valence-electron chi connectivity index (χ4n) is 4.32. The third kappa shape index (κ3) is 4.23. The van der Waals surface area contributed by atoms with E-state index in [-0.39, 0.29) is 0 Å². The van der Waals surface area contributed by atoms with E-state index in [1.165, 1.54) is 44.9 Å². The number of halogens is 1. The maximum absolute atomic E-state index is 6.11. The molecule has 2 nitrogen and oxygen atoms in total. The molecule has 1 N–H and O–H groups in total. The van der Waals surface area contributed by atoms with Crippen molar-refractivity contribution in [3.63, 3.8) is 0 Å². The summed E-state index contributed by atoms with van der Waals surface area (Å²) in [7, 11) is 0. The number of nitrogens with one attached hydrogen (secondary N) is 1. The highest BCUT2D eigenvalue weighted by molar-refractivity contribution is 7.80. The Labute approximate surface area is 156 Å². The second-order valence-corrected chi connectivity index (χ2v) is 8.31. The van der Waals surface area contributed by atoms with Crippen LogP contribution in [0.15, 0.2) is 24.3 Å². The highest BCUT2D eigenvalue weighted by Gasteiger charge is 2.50. The van der Waals surface area contributed by atoms with Crippen molar-refractivity contribution in [2.24, 2.45) is 11.3 Å². The van der Waals surface area contributed by atoms with Gasteiger partial charge in [-0.05, 0) is 74.4 Å². The molecule has 2 fully saturated rings. The molecule has 0 bridgehead atoms. The fourth-order valence-corrected chi connectivity index (χ4v) is 4.64. The number of hydrogen-bond donors (Lipinski definition) is 1. The molecule has 0 aromatic heterocycles. The molecular formula is C20H28ClNOS. The maximum Gasteiger partial charge on any atom is 0.257 e. The van der Waals surface area contributed by atoms with Gasteiger partial charge in [0.2, 0.25) is 0 Å². The van der Waals surface area contributed by atoms with Gasteiger partial charge in [-0.1, -0.05) is 43.5 Å². The summed E-state index contributed by atoms with van der Waals surface area (Å²) in [4.78, 5) is 0. The highest BCUT2D eigenvalue weighted by Crippen LogP contribution is 2.54. The van der Waals surface area contributed by atoms with E-state index >= 15 is 0 Å². The summed E-state index contributed by atoms with van der Waals surface area (Å²) in [6, 6.07) is 7.83. The lowest BCUT2D eigenvalue weighted by atomic mass is 9.57. The van der Waals surface area contributed by atoms with Crippen molar-refractivity contribution >= 4 is 29.0 Å². The van der Waals surface area contributed by atoms with E-state index in [0.717, 1.165) is 22.9 Å². The van der Waals surface area contributed by atoms with E-state index in [0.29, 0.717) is 23.2 Å². The van der Waals surface area contributed by atoms with Crippen molar-refractivity contribution in [1.29, 1.82) is 0 Å². The highest BCUT2D eigenvalue weighted by atomic mass is 35.5. The minimum Gasteiger partial charge on any atom is -0.467 e. The van der Waals surface area contributed by atoms with Crippen molar-refractivity contribution in [1.82, 2.24) is 5.32 Å². The van der Waals surface area contributed by atoms with Crippen LogP contribution in [0.1, 0.15) is 63.9 Å². The molecule has 1 aromatic rings. The Balaban J connectivity index is 1.44. The zero-order chi connectivity index (χ0) is 17.0. The lowest BCUT2D eigenvalue weighted by Gasteiger charge is -2.52. The molecule has 2 aliphatic carbocycles. The quantitative estimate of drug-likeness (QED) is 0.659. The van der Waals surface area contributed by atoms with Gasteiger partial charge < -0.3 is 10.1 Å². The molecule has 0 heterocycles. The summed E-state index contributed by atoms with van der Waals surface area (Å²) in [5, 5.41) is 4.54. The summed E-state index contributed by atoms with van der Waals surface area (Å²) in [5.41, 5.74) is 1.57. The van der Waals surface area contributed by atoms with Gasteiger partial charge in [0, 0.05) is 17.0 Å². The Bertz CT molecular complexity index is 551. The van der Waals surface area contributed by atoms with Crippen LogP contribution in [0.25, 0.3) is 0 Å². The third-order valence-corrected chi connectivity index (χ3v) is 6.48. The molecule has 0 radical (unpaired) electrons. The van der Waals surface area contributed by atoms with Crippen LogP contribution >= 0.6 is 23.8 Å². The predicted molar refractivity (Wildman–Crippen MR) is 104 cm³/mol. The SMILES string of the molecule is CCCC1CCC2(CC1)CC[C@@H]2OC(=S)NCc1ccc(Cl)cc1. The fraction of sp³-hybridized carbons (Fsp3) is 0.650. The van der Waals surface area contributed by atoms with E-state index in [4.69, 9.17) is 28.6 Å². The number of thiocarbonyl (C=S) groups is 1. The van der Waals surface area contributed by atoms with Gasteiger partial charge in [-0.15, -0.1) is 0 Å². The summed E-state index contributed by atoms with van der Waals surface area (Å²) in [6.45, 7) is 2.98. The first kappa shape index (κ1) is 18.0. The van der Waals surface area contributed by atoms with Crippen LogP contribution in [0.2, 0.25) is 5.02 Å². The number of rotatable bonds is 5. The van der Waals surface area contributed by atoms with E-state index < -0.39 is 0 Å². The molecule has 2 saturated carbocycles. The minimum atomic E-state index is 0.324. The van der Waals surface area contributed by atoms with E-state index in [1.807, 2.05) is 24.3 Å². The number of ether oxygens (including phenoxy) is 1. The average Bonchev–Trinajstić information content (AvgIpc) is 2.59. The van der Waals surface area contributed by atoms with Gasteiger partial charge in [-0.25, -0.2) is 0 Å². The molecule has 4 heteroatoms.